The fourth-order valence-electron chi connectivity index (χ4n) is 1.42. The molecular formula is C12H7Cl2FOS. The van der Waals surface area contributed by atoms with Gasteiger partial charge >= 0.3 is 0 Å². The highest BCUT2D eigenvalue weighted by atomic mass is 35.5. The maximum absolute atomic E-state index is 13.0. The minimum absolute atomic E-state index is 0.0524. The molecule has 2 rings (SSSR count). The molecule has 0 saturated carbocycles. The highest BCUT2D eigenvalue weighted by molar-refractivity contribution is 7.12. The van der Waals surface area contributed by atoms with Gasteiger partial charge in [0, 0.05) is 11.4 Å². The number of ketones is 1. The van der Waals surface area contributed by atoms with Crippen LogP contribution in [0, 0.1) is 5.82 Å². The zero-order chi connectivity index (χ0) is 12.4. The fraction of sp³-hybridized carbons (Fsp3) is 0.0833. The summed E-state index contributed by atoms with van der Waals surface area (Å²) in [5, 5.41) is 2.54. The van der Waals surface area contributed by atoms with Gasteiger partial charge in [-0.1, -0.05) is 23.2 Å². The smallest absolute Gasteiger partial charge is 0.178 e. The molecule has 0 bridgehead atoms. The van der Waals surface area contributed by atoms with E-state index in [1.807, 2.05) is 0 Å². The maximum atomic E-state index is 13.0. The number of rotatable bonds is 3. The molecule has 0 atom stereocenters. The molecule has 1 aromatic carbocycles. The van der Waals surface area contributed by atoms with Crippen molar-refractivity contribution >= 4 is 40.3 Å². The van der Waals surface area contributed by atoms with E-state index in [4.69, 9.17) is 23.2 Å². The molecule has 0 saturated heterocycles. The SMILES string of the molecule is O=C(Cc1cc(F)ccc1Cl)c1sccc1Cl. The van der Waals surface area contributed by atoms with Crippen LogP contribution in [-0.4, -0.2) is 5.78 Å². The van der Waals surface area contributed by atoms with Gasteiger partial charge in [0.15, 0.2) is 5.78 Å². The molecule has 1 nitrogen and oxygen atoms in total. The van der Waals surface area contributed by atoms with Crippen molar-refractivity contribution in [1.29, 1.82) is 0 Å². The van der Waals surface area contributed by atoms with Crippen molar-refractivity contribution in [3.8, 4) is 0 Å². The third kappa shape index (κ3) is 2.86. The predicted molar refractivity (Wildman–Crippen MR) is 68.8 cm³/mol. The number of Topliss-reactive ketones (excluding diaryl/α,β-unsaturated/α-hetero) is 1. The van der Waals surface area contributed by atoms with E-state index in [0.717, 1.165) is 0 Å². The number of thiophene rings is 1. The van der Waals surface area contributed by atoms with E-state index in [-0.39, 0.29) is 12.2 Å². The summed E-state index contributed by atoms with van der Waals surface area (Å²) in [6.07, 6.45) is 0.0524. The Hall–Kier alpha value is -0.900. The number of hydrogen-bond acceptors (Lipinski definition) is 2. The van der Waals surface area contributed by atoms with E-state index in [1.165, 1.54) is 29.5 Å². The first-order valence-corrected chi connectivity index (χ1v) is 6.41. The lowest BCUT2D eigenvalue weighted by molar-refractivity contribution is 0.0997. The quantitative estimate of drug-likeness (QED) is 0.753. The molecule has 88 valence electrons. The summed E-state index contributed by atoms with van der Waals surface area (Å²) < 4.78 is 13.0. The normalized spacial score (nSPS) is 10.5. The molecule has 0 spiro atoms. The van der Waals surface area contributed by atoms with Crippen LogP contribution in [0.15, 0.2) is 29.6 Å². The van der Waals surface area contributed by atoms with Crippen LogP contribution in [0.2, 0.25) is 10.0 Å². The lowest BCUT2D eigenvalue weighted by Gasteiger charge is -2.03. The first-order valence-electron chi connectivity index (χ1n) is 4.78. The van der Waals surface area contributed by atoms with Gasteiger partial charge in [0.25, 0.3) is 0 Å². The van der Waals surface area contributed by atoms with Crippen molar-refractivity contribution in [3.63, 3.8) is 0 Å². The molecule has 0 aliphatic carbocycles. The van der Waals surface area contributed by atoms with Gasteiger partial charge in [-0.2, -0.15) is 0 Å². The van der Waals surface area contributed by atoms with Gasteiger partial charge in [-0.25, -0.2) is 4.39 Å². The van der Waals surface area contributed by atoms with Crippen LogP contribution in [0.4, 0.5) is 4.39 Å². The van der Waals surface area contributed by atoms with Crippen molar-refractivity contribution in [1.82, 2.24) is 0 Å². The Morgan fingerprint density at radius 1 is 1.24 bits per heavy atom. The molecule has 0 unspecified atom stereocenters. The van der Waals surface area contributed by atoms with Crippen LogP contribution in [0.25, 0.3) is 0 Å². The molecular weight excluding hydrogens is 282 g/mol. The van der Waals surface area contributed by atoms with E-state index in [0.29, 0.717) is 20.5 Å². The molecule has 5 heteroatoms. The second-order valence-electron chi connectivity index (χ2n) is 3.43. The van der Waals surface area contributed by atoms with Crippen LogP contribution in [0.5, 0.6) is 0 Å². The Labute approximate surface area is 112 Å². The van der Waals surface area contributed by atoms with Crippen LogP contribution in [-0.2, 0) is 6.42 Å². The van der Waals surface area contributed by atoms with Gasteiger partial charge < -0.3 is 0 Å². The summed E-state index contributed by atoms with van der Waals surface area (Å²) in [5.74, 6) is -0.563. The summed E-state index contributed by atoms with van der Waals surface area (Å²) in [6, 6.07) is 5.62. The molecule has 17 heavy (non-hydrogen) atoms. The summed E-state index contributed by atoms with van der Waals surface area (Å²) in [7, 11) is 0. The topological polar surface area (TPSA) is 17.1 Å². The van der Waals surface area contributed by atoms with Crippen LogP contribution < -0.4 is 0 Å². The number of halogens is 3. The highest BCUT2D eigenvalue weighted by Crippen LogP contribution is 2.25. The molecule has 0 radical (unpaired) electrons. The van der Waals surface area contributed by atoms with Crippen molar-refractivity contribution in [3.05, 3.63) is 55.9 Å². The lowest BCUT2D eigenvalue weighted by Crippen LogP contribution is -2.02. The average molecular weight is 289 g/mol. The van der Waals surface area contributed by atoms with Gasteiger partial charge in [-0.05, 0) is 35.2 Å². The minimum atomic E-state index is -0.408. The van der Waals surface area contributed by atoms with Gasteiger partial charge in [-0.15, -0.1) is 11.3 Å². The number of carbonyl (C=O) groups excluding carboxylic acids is 1. The summed E-state index contributed by atoms with van der Waals surface area (Å²) in [5.41, 5.74) is 0.473. The molecule has 1 heterocycles. The van der Waals surface area contributed by atoms with E-state index < -0.39 is 5.82 Å². The molecule has 0 aliphatic heterocycles. The first-order chi connectivity index (χ1) is 8.08. The second kappa shape index (κ2) is 5.17. The van der Waals surface area contributed by atoms with Crippen molar-refractivity contribution in [2.75, 3.05) is 0 Å². The average Bonchev–Trinajstić information content (AvgIpc) is 2.70. The van der Waals surface area contributed by atoms with Crippen molar-refractivity contribution in [2.24, 2.45) is 0 Å². The van der Waals surface area contributed by atoms with Gasteiger partial charge in [-0.3, -0.25) is 4.79 Å². The molecule has 0 N–H and O–H groups in total. The molecule has 0 amide bonds. The summed E-state index contributed by atoms with van der Waals surface area (Å²) in [4.78, 5) is 12.4. The Balaban J connectivity index is 2.24. The van der Waals surface area contributed by atoms with Gasteiger partial charge in [0.1, 0.15) is 5.82 Å². The van der Waals surface area contributed by atoms with Gasteiger partial charge in [0.2, 0.25) is 0 Å². The van der Waals surface area contributed by atoms with Crippen LogP contribution in [0.1, 0.15) is 15.2 Å². The van der Waals surface area contributed by atoms with Crippen LogP contribution >= 0.6 is 34.5 Å². The van der Waals surface area contributed by atoms with E-state index in [1.54, 1.807) is 11.4 Å². The molecule has 0 aliphatic rings. The van der Waals surface area contributed by atoms with Gasteiger partial charge in [0.05, 0.1) is 9.90 Å². The van der Waals surface area contributed by atoms with Crippen molar-refractivity contribution < 1.29 is 9.18 Å². The maximum Gasteiger partial charge on any atom is 0.178 e. The standard InChI is InChI=1S/C12H7Cl2FOS/c13-9-2-1-8(15)5-7(9)6-11(16)12-10(14)3-4-17-12/h1-5H,6H2. The lowest BCUT2D eigenvalue weighted by atomic mass is 10.1. The second-order valence-corrected chi connectivity index (χ2v) is 5.16. The molecule has 2 aromatic rings. The van der Waals surface area contributed by atoms with E-state index >= 15 is 0 Å². The highest BCUT2D eigenvalue weighted by Gasteiger charge is 2.14. The summed E-state index contributed by atoms with van der Waals surface area (Å²) >= 11 is 13.0. The fourth-order valence-corrected chi connectivity index (χ4v) is 2.71. The minimum Gasteiger partial charge on any atom is -0.293 e. The number of benzene rings is 1. The first kappa shape index (κ1) is 12.6. The monoisotopic (exact) mass is 288 g/mol. The zero-order valence-corrected chi connectivity index (χ0v) is 10.9. The molecule has 0 fully saturated rings. The third-order valence-corrected chi connectivity index (χ3v) is 3.98. The third-order valence-electron chi connectivity index (χ3n) is 2.23. The summed E-state index contributed by atoms with van der Waals surface area (Å²) in [6.45, 7) is 0. The Kier molecular flexibility index (Phi) is 3.82. The number of carbonyl (C=O) groups is 1. The van der Waals surface area contributed by atoms with Crippen molar-refractivity contribution in [2.45, 2.75) is 6.42 Å². The zero-order valence-electron chi connectivity index (χ0n) is 8.54. The van der Waals surface area contributed by atoms with Crippen LogP contribution in [0.3, 0.4) is 0 Å². The van der Waals surface area contributed by atoms with E-state index in [9.17, 15) is 9.18 Å². The number of hydrogen-bond donors (Lipinski definition) is 0. The Morgan fingerprint density at radius 3 is 2.65 bits per heavy atom. The largest absolute Gasteiger partial charge is 0.293 e. The van der Waals surface area contributed by atoms with E-state index in [2.05, 4.69) is 0 Å². The predicted octanol–water partition coefficient (Wildman–Crippen LogP) is 4.62. The Morgan fingerprint density at radius 2 is 2.00 bits per heavy atom. The molecule has 1 aromatic heterocycles. The Bertz CT molecular complexity index is 565.